The van der Waals surface area contributed by atoms with Gasteiger partial charge in [-0.3, -0.25) is 0 Å². The Bertz CT molecular complexity index is 386. The molecule has 4 heteroatoms. The first-order chi connectivity index (χ1) is 6.36. The molecule has 2 aromatic heterocycles. The van der Waals surface area contributed by atoms with Crippen LogP contribution >= 0.6 is 0 Å². The predicted molar refractivity (Wildman–Crippen MR) is 53.1 cm³/mol. The standard InChI is InChI=1S/C7H6N4.C2H6/c8-6-4-10-5-2-1-3-9-7(5)11-6;1-2/h1-4H,(H2,8,9,11);1-2H3. The van der Waals surface area contributed by atoms with E-state index in [2.05, 4.69) is 15.0 Å². The second-order valence-corrected chi connectivity index (χ2v) is 2.14. The second kappa shape index (κ2) is 4.35. The molecule has 2 rings (SSSR count). The van der Waals surface area contributed by atoms with Crippen molar-refractivity contribution in [2.24, 2.45) is 0 Å². The highest BCUT2D eigenvalue weighted by molar-refractivity contribution is 5.70. The third-order valence-corrected chi connectivity index (χ3v) is 1.34. The molecule has 0 amide bonds. The van der Waals surface area contributed by atoms with E-state index in [1.807, 2.05) is 26.0 Å². The smallest absolute Gasteiger partial charge is 0.180 e. The Morgan fingerprint density at radius 3 is 2.77 bits per heavy atom. The van der Waals surface area contributed by atoms with Gasteiger partial charge in [0.25, 0.3) is 0 Å². The third-order valence-electron chi connectivity index (χ3n) is 1.34. The SMILES string of the molecule is CC.Nc1cnc2cccnc2n1. The fraction of sp³-hybridized carbons (Fsp3) is 0.222. The van der Waals surface area contributed by atoms with Crippen molar-refractivity contribution in [2.75, 3.05) is 5.73 Å². The number of hydrogen-bond acceptors (Lipinski definition) is 4. The Labute approximate surface area is 76.8 Å². The summed E-state index contributed by atoms with van der Waals surface area (Å²) in [7, 11) is 0. The maximum atomic E-state index is 5.41. The number of nitrogens with two attached hydrogens (primary N) is 1. The van der Waals surface area contributed by atoms with Crippen molar-refractivity contribution in [2.45, 2.75) is 13.8 Å². The highest BCUT2D eigenvalue weighted by Crippen LogP contribution is 2.05. The minimum Gasteiger partial charge on any atom is -0.382 e. The van der Waals surface area contributed by atoms with Crippen LogP contribution in [-0.4, -0.2) is 15.0 Å². The zero-order valence-corrected chi connectivity index (χ0v) is 7.73. The molecule has 0 fully saturated rings. The van der Waals surface area contributed by atoms with Crippen molar-refractivity contribution in [3.8, 4) is 0 Å². The maximum Gasteiger partial charge on any atom is 0.180 e. The molecule has 4 nitrogen and oxygen atoms in total. The quantitative estimate of drug-likeness (QED) is 0.662. The van der Waals surface area contributed by atoms with Crippen LogP contribution in [0.1, 0.15) is 13.8 Å². The number of nitrogen functional groups attached to an aromatic ring is 1. The van der Waals surface area contributed by atoms with E-state index in [0.29, 0.717) is 11.5 Å². The molecule has 0 aliphatic rings. The van der Waals surface area contributed by atoms with E-state index in [-0.39, 0.29) is 0 Å². The van der Waals surface area contributed by atoms with Crippen molar-refractivity contribution in [1.29, 1.82) is 0 Å². The summed E-state index contributed by atoms with van der Waals surface area (Å²) < 4.78 is 0. The number of nitrogens with zero attached hydrogens (tertiary/aromatic N) is 3. The van der Waals surface area contributed by atoms with Crippen LogP contribution in [0.15, 0.2) is 24.5 Å². The van der Waals surface area contributed by atoms with Gasteiger partial charge in [-0.05, 0) is 12.1 Å². The van der Waals surface area contributed by atoms with E-state index in [0.717, 1.165) is 5.52 Å². The first kappa shape index (κ1) is 9.38. The van der Waals surface area contributed by atoms with Gasteiger partial charge in [0.2, 0.25) is 0 Å². The van der Waals surface area contributed by atoms with E-state index < -0.39 is 0 Å². The lowest BCUT2D eigenvalue weighted by Gasteiger charge is -1.94. The van der Waals surface area contributed by atoms with Crippen LogP contribution in [0.4, 0.5) is 5.82 Å². The molecule has 68 valence electrons. The number of anilines is 1. The van der Waals surface area contributed by atoms with Gasteiger partial charge in [0.1, 0.15) is 11.3 Å². The molecule has 2 N–H and O–H groups in total. The highest BCUT2D eigenvalue weighted by atomic mass is 15.0. The van der Waals surface area contributed by atoms with Crippen LogP contribution in [0.3, 0.4) is 0 Å². The molecule has 2 aromatic rings. The molecule has 0 spiro atoms. The lowest BCUT2D eigenvalue weighted by atomic mass is 10.4. The van der Waals surface area contributed by atoms with Gasteiger partial charge in [0.15, 0.2) is 5.65 Å². The minimum atomic E-state index is 0.399. The number of rotatable bonds is 0. The zero-order valence-electron chi connectivity index (χ0n) is 7.73. The van der Waals surface area contributed by atoms with Gasteiger partial charge in [-0.1, -0.05) is 13.8 Å². The molecule has 0 bridgehead atoms. The van der Waals surface area contributed by atoms with E-state index in [9.17, 15) is 0 Å². The Balaban J connectivity index is 0.000000396. The molecule has 2 heterocycles. The summed E-state index contributed by atoms with van der Waals surface area (Å²) in [4.78, 5) is 12.0. The second-order valence-electron chi connectivity index (χ2n) is 2.14. The minimum absolute atomic E-state index is 0.399. The topological polar surface area (TPSA) is 64.7 Å². The van der Waals surface area contributed by atoms with Crippen LogP contribution in [0.2, 0.25) is 0 Å². The van der Waals surface area contributed by atoms with E-state index in [1.54, 1.807) is 6.20 Å². The predicted octanol–water partition coefficient (Wildman–Crippen LogP) is 1.63. The molecule has 13 heavy (non-hydrogen) atoms. The molecular formula is C9H12N4. The Morgan fingerprint density at radius 2 is 2.00 bits per heavy atom. The van der Waals surface area contributed by atoms with Gasteiger partial charge in [0.05, 0.1) is 6.20 Å². The summed E-state index contributed by atoms with van der Waals surface area (Å²) in [5.74, 6) is 0.399. The average Bonchev–Trinajstić information content (AvgIpc) is 2.21. The first-order valence-electron chi connectivity index (χ1n) is 4.19. The van der Waals surface area contributed by atoms with Crippen molar-refractivity contribution in [3.05, 3.63) is 24.5 Å². The largest absolute Gasteiger partial charge is 0.382 e. The van der Waals surface area contributed by atoms with Crippen LogP contribution in [0.5, 0.6) is 0 Å². The first-order valence-corrected chi connectivity index (χ1v) is 4.19. The van der Waals surface area contributed by atoms with Crippen LogP contribution in [-0.2, 0) is 0 Å². The lowest BCUT2D eigenvalue weighted by molar-refractivity contribution is 1.23. The molecule has 0 aliphatic carbocycles. The number of pyridine rings is 1. The van der Waals surface area contributed by atoms with Crippen molar-refractivity contribution < 1.29 is 0 Å². The van der Waals surface area contributed by atoms with Crippen molar-refractivity contribution >= 4 is 17.0 Å². The Morgan fingerprint density at radius 1 is 1.23 bits per heavy atom. The summed E-state index contributed by atoms with van der Waals surface area (Å²) in [6, 6.07) is 3.65. The van der Waals surface area contributed by atoms with Gasteiger partial charge >= 0.3 is 0 Å². The lowest BCUT2D eigenvalue weighted by Crippen LogP contribution is -1.93. The monoisotopic (exact) mass is 176 g/mol. The summed E-state index contributed by atoms with van der Waals surface area (Å²) in [5, 5.41) is 0. The van der Waals surface area contributed by atoms with Crippen molar-refractivity contribution in [1.82, 2.24) is 15.0 Å². The van der Waals surface area contributed by atoms with Gasteiger partial charge in [-0.25, -0.2) is 15.0 Å². The number of hydrogen-bond donors (Lipinski definition) is 1. The normalized spacial score (nSPS) is 9.08. The molecule has 0 aliphatic heterocycles. The molecule has 0 saturated carbocycles. The molecule has 0 radical (unpaired) electrons. The Kier molecular flexibility index (Phi) is 3.14. The van der Waals surface area contributed by atoms with Gasteiger partial charge in [-0.15, -0.1) is 0 Å². The molecule has 0 saturated heterocycles. The van der Waals surface area contributed by atoms with Crippen LogP contribution < -0.4 is 5.73 Å². The van der Waals surface area contributed by atoms with E-state index >= 15 is 0 Å². The summed E-state index contributed by atoms with van der Waals surface area (Å²) >= 11 is 0. The summed E-state index contributed by atoms with van der Waals surface area (Å²) in [5.41, 5.74) is 6.77. The molecule has 0 unspecified atom stereocenters. The number of fused-ring (bicyclic) bond motifs is 1. The van der Waals surface area contributed by atoms with Crippen molar-refractivity contribution in [3.63, 3.8) is 0 Å². The summed E-state index contributed by atoms with van der Waals surface area (Å²) in [6.45, 7) is 4.00. The highest BCUT2D eigenvalue weighted by Gasteiger charge is 1.94. The third kappa shape index (κ3) is 2.11. The molecular weight excluding hydrogens is 164 g/mol. The maximum absolute atomic E-state index is 5.41. The fourth-order valence-corrected chi connectivity index (χ4v) is 0.862. The Hall–Kier alpha value is -1.71. The van der Waals surface area contributed by atoms with Crippen LogP contribution in [0.25, 0.3) is 11.2 Å². The average molecular weight is 176 g/mol. The molecule has 0 aromatic carbocycles. The van der Waals surface area contributed by atoms with Crippen LogP contribution in [0, 0.1) is 0 Å². The molecule has 0 atom stereocenters. The van der Waals surface area contributed by atoms with Gasteiger partial charge in [-0.2, -0.15) is 0 Å². The zero-order chi connectivity index (χ0) is 9.68. The van der Waals surface area contributed by atoms with Gasteiger partial charge < -0.3 is 5.73 Å². The van der Waals surface area contributed by atoms with E-state index in [4.69, 9.17) is 5.73 Å². The van der Waals surface area contributed by atoms with Gasteiger partial charge in [0, 0.05) is 6.20 Å². The fourth-order valence-electron chi connectivity index (χ4n) is 0.862. The number of aromatic nitrogens is 3. The summed E-state index contributed by atoms with van der Waals surface area (Å²) in [6.07, 6.45) is 3.18. The van der Waals surface area contributed by atoms with E-state index in [1.165, 1.54) is 6.20 Å².